The van der Waals surface area contributed by atoms with E-state index in [2.05, 4.69) is 4.74 Å². The fourth-order valence-corrected chi connectivity index (χ4v) is 1.30. The van der Waals surface area contributed by atoms with Crippen LogP contribution in [0.3, 0.4) is 0 Å². The SMILES string of the molecule is CC(CCc1ccccc1)OC(F)(F)F. The molecule has 1 aromatic carbocycles. The molecule has 1 atom stereocenters. The number of rotatable bonds is 4. The number of hydrogen-bond donors (Lipinski definition) is 0. The summed E-state index contributed by atoms with van der Waals surface area (Å²) in [5.74, 6) is 0. The molecule has 1 rings (SSSR count). The molecular weight excluding hydrogens is 205 g/mol. The van der Waals surface area contributed by atoms with Crippen molar-refractivity contribution < 1.29 is 17.9 Å². The van der Waals surface area contributed by atoms with E-state index in [9.17, 15) is 13.2 Å². The van der Waals surface area contributed by atoms with Gasteiger partial charge in [0, 0.05) is 0 Å². The third-order valence-corrected chi connectivity index (χ3v) is 2.02. The van der Waals surface area contributed by atoms with Crippen LogP contribution in [-0.4, -0.2) is 12.5 Å². The van der Waals surface area contributed by atoms with Crippen molar-refractivity contribution in [1.82, 2.24) is 0 Å². The van der Waals surface area contributed by atoms with Gasteiger partial charge in [-0.05, 0) is 25.3 Å². The van der Waals surface area contributed by atoms with Gasteiger partial charge in [0.15, 0.2) is 0 Å². The Morgan fingerprint density at radius 3 is 2.33 bits per heavy atom. The summed E-state index contributed by atoms with van der Waals surface area (Å²) < 4.78 is 39.3. The van der Waals surface area contributed by atoms with E-state index >= 15 is 0 Å². The monoisotopic (exact) mass is 218 g/mol. The second-order valence-electron chi connectivity index (χ2n) is 3.40. The quantitative estimate of drug-likeness (QED) is 0.751. The molecule has 0 spiro atoms. The topological polar surface area (TPSA) is 9.23 Å². The first-order chi connectivity index (χ1) is 6.97. The lowest BCUT2D eigenvalue weighted by atomic mass is 10.1. The Bertz CT molecular complexity index is 282. The van der Waals surface area contributed by atoms with Crippen LogP contribution in [0.2, 0.25) is 0 Å². The number of aryl methyl sites for hydroxylation is 1. The maximum atomic E-state index is 11.8. The first-order valence-corrected chi connectivity index (χ1v) is 4.76. The number of alkyl halides is 3. The highest BCUT2D eigenvalue weighted by Gasteiger charge is 2.31. The minimum absolute atomic E-state index is 0.365. The van der Waals surface area contributed by atoms with Crippen LogP contribution < -0.4 is 0 Å². The first-order valence-electron chi connectivity index (χ1n) is 4.76. The van der Waals surface area contributed by atoms with Gasteiger partial charge in [-0.3, -0.25) is 4.74 Å². The van der Waals surface area contributed by atoms with Gasteiger partial charge in [0.2, 0.25) is 0 Å². The predicted octanol–water partition coefficient (Wildman–Crippen LogP) is 3.54. The molecule has 1 unspecified atom stereocenters. The van der Waals surface area contributed by atoms with E-state index in [4.69, 9.17) is 0 Å². The summed E-state index contributed by atoms with van der Waals surface area (Å²) in [5.41, 5.74) is 1.02. The standard InChI is InChI=1S/C11H13F3O/c1-9(15-11(12,13)14)7-8-10-5-3-2-4-6-10/h2-6,9H,7-8H2,1H3. The highest BCUT2D eigenvalue weighted by atomic mass is 19.4. The van der Waals surface area contributed by atoms with Crippen molar-refractivity contribution in [3.63, 3.8) is 0 Å². The maximum absolute atomic E-state index is 11.8. The van der Waals surface area contributed by atoms with Gasteiger partial charge in [0.25, 0.3) is 0 Å². The molecule has 0 saturated heterocycles. The van der Waals surface area contributed by atoms with Gasteiger partial charge in [-0.2, -0.15) is 0 Å². The van der Waals surface area contributed by atoms with E-state index in [-0.39, 0.29) is 0 Å². The predicted molar refractivity (Wildman–Crippen MR) is 51.4 cm³/mol. The van der Waals surface area contributed by atoms with E-state index in [0.717, 1.165) is 5.56 Å². The Labute approximate surface area is 86.9 Å². The molecule has 0 heterocycles. The molecule has 0 saturated carbocycles. The Balaban J connectivity index is 2.32. The molecule has 0 aliphatic rings. The van der Waals surface area contributed by atoms with Gasteiger partial charge < -0.3 is 0 Å². The smallest absolute Gasteiger partial charge is 0.289 e. The molecule has 84 valence electrons. The largest absolute Gasteiger partial charge is 0.522 e. The molecule has 0 radical (unpaired) electrons. The van der Waals surface area contributed by atoms with Crippen LogP contribution in [0, 0.1) is 0 Å². The zero-order chi connectivity index (χ0) is 11.3. The molecular formula is C11H13F3O. The average Bonchev–Trinajstić information content (AvgIpc) is 2.14. The summed E-state index contributed by atoms with van der Waals surface area (Å²) in [6.07, 6.45) is -4.37. The fraction of sp³-hybridized carbons (Fsp3) is 0.455. The van der Waals surface area contributed by atoms with Crippen molar-refractivity contribution in [2.24, 2.45) is 0 Å². The molecule has 1 nitrogen and oxygen atoms in total. The summed E-state index contributed by atoms with van der Waals surface area (Å²) in [5, 5.41) is 0. The van der Waals surface area contributed by atoms with Gasteiger partial charge in [-0.25, -0.2) is 0 Å². The van der Waals surface area contributed by atoms with E-state index in [0.29, 0.717) is 12.8 Å². The van der Waals surface area contributed by atoms with E-state index in [1.54, 1.807) is 0 Å². The number of halogens is 3. The van der Waals surface area contributed by atoms with Crippen LogP contribution in [0.5, 0.6) is 0 Å². The van der Waals surface area contributed by atoms with Crippen molar-refractivity contribution in [2.45, 2.75) is 32.2 Å². The lowest BCUT2D eigenvalue weighted by Gasteiger charge is -2.14. The van der Waals surface area contributed by atoms with E-state index in [1.165, 1.54) is 6.92 Å². The Hall–Kier alpha value is -1.03. The van der Waals surface area contributed by atoms with Gasteiger partial charge in [-0.1, -0.05) is 30.3 Å². The fourth-order valence-electron chi connectivity index (χ4n) is 1.30. The van der Waals surface area contributed by atoms with Gasteiger partial charge >= 0.3 is 6.36 Å². The van der Waals surface area contributed by atoms with Crippen molar-refractivity contribution in [1.29, 1.82) is 0 Å². The lowest BCUT2D eigenvalue weighted by Crippen LogP contribution is -2.21. The van der Waals surface area contributed by atoms with Gasteiger partial charge in [0.1, 0.15) is 0 Å². The Morgan fingerprint density at radius 2 is 1.80 bits per heavy atom. The molecule has 0 bridgehead atoms. The van der Waals surface area contributed by atoms with Crippen molar-refractivity contribution in [3.05, 3.63) is 35.9 Å². The highest BCUT2D eigenvalue weighted by Crippen LogP contribution is 2.20. The minimum atomic E-state index is -4.53. The highest BCUT2D eigenvalue weighted by molar-refractivity contribution is 5.14. The molecule has 1 aromatic rings. The molecule has 0 aliphatic carbocycles. The summed E-state index contributed by atoms with van der Waals surface area (Å²) in [7, 11) is 0. The van der Waals surface area contributed by atoms with Crippen LogP contribution >= 0.6 is 0 Å². The molecule has 0 amide bonds. The van der Waals surface area contributed by atoms with Crippen LogP contribution in [-0.2, 0) is 11.2 Å². The molecule has 0 fully saturated rings. The molecule has 0 aromatic heterocycles. The Kier molecular flexibility index (Phi) is 4.15. The zero-order valence-electron chi connectivity index (χ0n) is 8.42. The number of benzene rings is 1. The second kappa shape index (κ2) is 5.16. The van der Waals surface area contributed by atoms with E-state index in [1.807, 2.05) is 30.3 Å². The van der Waals surface area contributed by atoms with Crippen molar-refractivity contribution in [2.75, 3.05) is 0 Å². The third-order valence-electron chi connectivity index (χ3n) is 2.02. The molecule has 4 heteroatoms. The van der Waals surface area contributed by atoms with Crippen molar-refractivity contribution in [3.8, 4) is 0 Å². The van der Waals surface area contributed by atoms with Crippen LogP contribution in [0.4, 0.5) is 13.2 Å². The van der Waals surface area contributed by atoms with Crippen molar-refractivity contribution >= 4 is 0 Å². The summed E-state index contributed by atoms with van der Waals surface area (Å²) >= 11 is 0. The van der Waals surface area contributed by atoms with Crippen LogP contribution in [0.15, 0.2) is 30.3 Å². The molecule has 0 aliphatic heterocycles. The first kappa shape index (κ1) is 12.0. The van der Waals surface area contributed by atoms with Gasteiger partial charge in [-0.15, -0.1) is 13.2 Å². The number of hydrogen-bond acceptors (Lipinski definition) is 1. The average molecular weight is 218 g/mol. The normalized spacial score (nSPS) is 13.9. The Morgan fingerprint density at radius 1 is 1.20 bits per heavy atom. The minimum Gasteiger partial charge on any atom is -0.289 e. The zero-order valence-corrected chi connectivity index (χ0v) is 8.42. The summed E-state index contributed by atoms with van der Waals surface area (Å²) in [4.78, 5) is 0. The van der Waals surface area contributed by atoms with Gasteiger partial charge in [0.05, 0.1) is 6.10 Å². The summed E-state index contributed by atoms with van der Waals surface area (Å²) in [6, 6.07) is 9.38. The maximum Gasteiger partial charge on any atom is 0.522 e. The van der Waals surface area contributed by atoms with Crippen LogP contribution in [0.25, 0.3) is 0 Å². The van der Waals surface area contributed by atoms with Crippen LogP contribution in [0.1, 0.15) is 18.9 Å². The van der Waals surface area contributed by atoms with E-state index < -0.39 is 12.5 Å². The molecule has 0 N–H and O–H groups in total. The molecule has 15 heavy (non-hydrogen) atoms. The third kappa shape index (κ3) is 5.42. The summed E-state index contributed by atoms with van der Waals surface area (Å²) in [6.45, 7) is 1.43. The lowest BCUT2D eigenvalue weighted by molar-refractivity contribution is -0.340. The second-order valence-corrected chi connectivity index (χ2v) is 3.40. The number of ether oxygens (including phenoxy) is 1.